The van der Waals surface area contributed by atoms with Crippen LogP contribution in [-0.2, 0) is 6.42 Å². The minimum absolute atomic E-state index is 0.250. The van der Waals surface area contributed by atoms with Crippen molar-refractivity contribution in [3.8, 4) is 0 Å². The van der Waals surface area contributed by atoms with Crippen LogP contribution in [0.1, 0.15) is 15.9 Å². The summed E-state index contributed by atoms with van der Waals surface area (Å²) in [7, 11) is 0. The summed E-state index contributed by atoms with van der Waals surface area (Å²) in [5, 5.41) is 2.88. The van der Waals surface area contributed by atoms with Gasteiger partial charge in [-0.25, -0.2) is 8.78 Å². The maximum Gasteiger partial charge on any atom is 0.252 e. The molecule has 20 heavy (non-hydrogen) atoms. The van der Waals surface area contributed by atoms with Gasteiger partial charge in [-0.1, -0.05) is 11.6 Å². The third kappa shape index (κ3) is 3.74. The number of amides is 1. The molecule has 6 heteroatoms. The van der Waals surface area contributed by atoms with E-state index in [1.807, 2.05) is 0 Å². The second-order valence-electron chi connectivity index (χ2n) is 4.14. The van der Waals surface area contributed by atoms with E-state index in [0.29, 0.717) is 17.5 Å². The van der Waals surface area contributed by atoms with E-state index in [0.717, 1.165) is 6.07 Å². The normalized spacial score (nSPS) is 10.3. The summed E-state index contributed by atoms with van der Waals surface area (Å²) in [6.07, 6.45) is 3.16. The highest BCUT2D eigenvalue weighted by atomic mass is 35.5. The molecule has 0 atom stereocenters. The summed E-state index contributed by atoms with van der Waals surface area (Å²) in [5.74, 6) is -1.62. The number of nitrogens with one attached hydrogen (secondary N) is 1. The summed E-state index contributed by atoms with van der Waals surface area (Å²) in [6.45, 7) is 0.250. The Bertz CT molecular complexity index is 614. The number of hydrogen-bond donors (Lipinski definition) is 1. The van der Waals surface area contributed by atoms with Crippen molar-refractivity contribution in [3.63, 3.8) is 0 Å². The van der Waals surface area contributed by atoms with E-state index >= 15 is 0 Å². The standard InChI is InChI=1S/C14H11ClF2N2O/c15-13-8-18-3-2-12(13)14(20)19-4-1-9-5-10(16)7-11(17)6-9/h2-3,5-8H,1,4H2,(H,19,20). The molecule has 2 rings (SSSR count). The van der Waals surface area contributed by atoms with Crippen molar-refractivity contribution < 1.29 is 13.6 Å². The lowest BCUT2D eigenvalue weighted by molar-refractivity contribution is 0.0954. The molecule has 0 bridgehead atoms. The summed E-state index contributed by atoms with van der Waals surface area (Å²) in [5.41, 5.74) is 0.788. The molecule has 0 spiro atoms. The summed E-state index contributed by atoms with van der Waals surface area (Å²) < 4.78 is 26.0. The molecule has 104 valence electrons. The van der Waals surface area contributed by atoms with Gasteiger partial charge in [0.1, 0.15) is 11.6 Å². The molecule has 1 amide bonds. The topological polar surface area (TPSA) is 42.0 Å². The molecule has 0 radical (unpaired) electrons. The van der Waals surface area contributed by atoms with Crippen molar-refractivity contribution in [2.75, 3.05) is 6.54 Å². The molecule has 0 unspecified atom stereocenters. The van der Waals surface area contributed by atoms with Gasteiger partial charge in [0.05, 0.1) is 10.6 Å². The Morgan fingerprint density at radius 2 is 1.95 bits per heavy atom. The fourth-order valence-electron chi connectivity index (χ4n) is 1.73. The van der Waals surface area contributed by atoms with Gasteiger partial charge in [0, 0.05) is 25.0 Å². The molecule has 1 heterocycles. The highest BCUT2D eigenvalue weighted by Gasteiger charge is 2.09. The number of aromatic nitrogens is 1. The van der Waals surface area contributed by atoms with E-state index in [1.165, 1.54) is 30.6 Å². The maximum atomic E-state index is 13.0. The minimum Gasteiger partial charge on any atom is -0.352 e. The lowest BCUT2D eigenvalue weighted by Gasteiger charge is -2.06. The fourth-order valence-corrected chi connectivity index (χ4v) is 1.94. The van der Waals surface area contributed by atoms with Crippen LogP contribution >= 0.6 is 11.6 Å². The Balaban J connectivity index is 1.93. The van der Waals surface area contributed by atoms with Gasteiger partial charge < -0.3 is 5.32 Å². The molecular weight excluding hydrogens is 286 g/mol. The monoisotopic (exact) mass is 296 g/mol. The smallest absolute Gasteiger partial charge is 0.252 e. The average Bonchev–Trinajstić information content (AvgIpc) is 2.38. The Kier molecular flexibility index (Phi) is 4.63. The molecule has 0 saturated carbocycles. The van der Waals surface area contributed by atoms with Crippen LogP contribution in [0.15, 0.2) is 36.7 Å². The predicted molar refractivity (Wildman–Crippen MR) is 71.6 cm³/mol. The van der Waals surface area contributed by atoms with Crippen molar-refractivity contribution in [1.82, 2.24) is 10.3 Å². The van der Waals surface area contributed by atoms with Crippen LogP contribution in [0, 0.1) is 11.6 Å². The van der Waals surface area contributed by atoms with Crippen molar-refractivity contribution in [2.45, 2.75) is 6.42 Å². The molecule has 3 nitrogen and oxygen atoms in total. The van der Waals surface area contributed by atoms with Gasteiger partial charge >= 0.3 is 0 Å². The van der Waals surface area contributed by atoms with Gasteiger partial charge in [-0.2, -0.15) is 0 Å². The summed E-state index contributed by atoms with van der Waals surface area (Å²) >= 11 is 5.83. The third-order valence-electron chi connectivity index (χ3n) is 2.64. The van der Waals surface area contributed by atoms with Crippen LogP contribution in [0.3, 0.4) is 0 Å². The molecule has 0 aliphatic rings. The number of rotatable bonds is 4. The molecule has 1 N–H and O–H groups in total. The first kappa shape index (κ1) is 14.4. The van der Waals surface area contributed by atoms with Crippen LogP contribution < -0.4 is 5.32 Å². The molecule has 1 aromatic carbocycles. The minimum atomic E-state index is -0.636. The summed E-state index contributed by atoms with van der Waals surface area (Å²) in [4.78, 5) is 15.6. The Hall–Kier alpha value is -2.01. The first-order valence-corrected chi connectivity index (χ1v) is 6.27. The first-order chi connectivity index (χ1) is 9.56. The quantitative estimate of drug-likeness (QED) is 0.942. The highest BCUT2D eigenvalue weighted by Crippen LogP contribution is 2.13. The summed E-state index contributed by atoms with van der Waals surface area (Å²) in [6, 6.07) is 4.77. The lowest BCUT2D eigenvalue weighted by atomic mass is 10.1. The van der Waals surface area contributed by atoms with Gasteiger partial charge in [0.2, 0.25) is 0 Å². The van der Waals surface area contributed by atoms with E-state index in [1.54, 1.807) is 0 Å². The zero-order valence-corrected chi connectivity index (χ0v) is 11.1. The second kappa shape index (κ2) is 6.43. The number of carbonyl (C=O) groups excluding carboxylic acids is 1. The van der Waals surface area contributed by atoms with E-state index in [-0.39, 0.29) is 17.5 Å². The number of halogens is 3. The average molecular weight is 297 g/mol. The Labute approximate surface area is 119 Å². The van der Waals surface area contributed by atoms with Crippen molar-refractivity contribution in [3.05, 3.63) is 64.4 Å². The second-order valence-corrected chi connectivity index (χ2v) is 4.55. The number of pyridine rings is 1. The molecule has 0 aliphatic carbocycles. The molecule has 1 aromatic heterocycles. The SMILES string of the molecule is O=C(NCCc1cc(F)cc(F)c1)c1ccncc1Cl. The van der Waals surface area contributed by atoms with Crippen LogP contribution in [0.5, 0.6) is 0 Å². The Morgan fingerprint density at radius 1 is 1.25 bits per heavy atom. The lowest BCUT2D eigenvalue weighted by Crippen LogP contribution is -2.26. The van der Waals surface area contributed by atoms with Crippen LogP contribution in [0.25, 0.3) is 0 Å². The van der Waals surface area contributed by atoms with Gasteiger partial charge in [0.25, 0.3) is 5.91 Å². The van der Waals surface area contributed by atoms with E-state index in [9.17, 15) is 13.6 Å². The van der Waals surface area contributed by atoms with Gasteiger partial charge in [-0.15, -0.1) is 0 Å². The molecule has 0 aliphatic heterocycles. The van der Waals surface area contributed by atoms with Crippen LogP contribution in [-0.4, -0.2) is 17.4 Å². The van der Waals surface area contributed by atoms with Crippen molar-refractivity contribution in [1.29, 1.82) is 0 Å². The van der Waals surface area contributed by atoms with Crippen LogP contribution in [0.2, 0.25) is 5.02 Å². The largest absolute Gasteiger partial charge is 0.352 e. The van der Waals surface area contributed by atoms with Crippen molar-refractivity contribution in [2.24, 2.45) is 0 Å². The molecular formula is C14H11ClF2N2O. The van der Waals surface area contributed by atoms with E-state index < -0.39 is 11.6 Å². The predicted octanol–water partition coefficient (Wildman–Crippen LogP) is 2.99. The Morgan fingerprint density at radius 3 is 2.60 bits per heavy atom. The zero-order chi connectivity index (χ0) is 14.5. The number of benzene rings is 1. The number of hydrogen-bond acceptors (Lipinski definition) is 2. The fraction of sp³-hybridized carbons (Fsp3) is 0.143. The third-order valence-corrected chi connectivity index (χ3v) is 2.94. The molecule has 0 saturated heterocycles. The van der Waals surface area contributed by atoms with Crippen molar-refractivity contribution >= 4 is 17.5 Å². The van der Waals surface area contributed by atoms with Gasteiger partial charge in [0.15, 0.2) is 0 Å². The highest BCUT2D eigenvalue weighted by molar-refractivity contribution is 6.33. The zero-order valence-electron chi connectivity index (χ0n) is 10.4. The number of carbonyl (C=O) groups is 1. The van der Waals surface area contributed by atoms with E-state index in [4.69, 9.17) is 11.6 Å². The molecule has 2 aromatic rings. The first-order valence-electron chi connectivity index (χ1n) is 5.89. The van der Waals surface area contributed by atoms with E-state index in [2.05, 4.69) is 10.3 Å². The maximum absolute atomic E-state index is 13.0. The van der Waals surface area contributed by atoms with Crippen LogP contribution in [0.4, 0.5) is 8.78 Å². The molecule has 0 fully saturated rings. The van der Waals surface area contributed by atoms with Gasteiger partial charge in [-0.3, -0.25) is 9.78 Å². The number of nitrogens with zero attached hydrogens (tertiary/aromatic N) is 1. The van der Waals surface area contributed by atoms with Gasteiger partial charge in [-0.05, 0) is 30.2 Å².